The summed E-state index contributed by atoms with van der Waals surface area (Å²) in [6.45, 7) is 5.19. The number of likely N-dealkylation sites (N-methyl/N-ethyl adjacent to an activating group) is 1. The third-order valence-corrected chi connectivity index (χ3v) is 3.84. The lowest BCUT2D eigenvalue weighted by atomic mass is 10.1. The van der Waals surface area contributed by atoms with Crippen LogP contribution in [0.1, 0.15) is 22.8 Å². The molecule has 0 fully saturated rings. The summed E-state index contributed by atoms with van der Waals surface area (Å²) in [4.78, 5) is 25.7. The summed E-state index contributed by atoms with van der Waals surface area (Å²) < 4.78 is 39.0. The number of carbonyl (C=O) groups is 1. The molecule has 156 valence electrons. The molecule has 4 N–H and O–H groups in total. The summed E-state index contributed by atoms with van der Waals surface area (Å²) in [5.41, 5.74) is 9.25. The third kappa shape index (κ3) is 7.07. The first-order valence-electron chi connectivity index (χ1n) is 8.08. The molecular weight excluding hydrogens is 409 g/mol. The van der Waals surface area contributed by atoms with Crippen molar-refractivity contribution in [3.63, 3.8) is 0 Å². The molecule has 0 heterocycles. The maximum Gasteiger partial charge on any atom is 0.416 e. The molecule has 1 amide bonds. The van der Waals surface area contributed by atoms with Crippen LogP contribution in [0.25, 0.3) is 0 Å². The molecule has 0 aliphatic rings. The van der Waals surface area contributed by atoms with Crippen LogP contribution >= 0.6 is 11.6 Å². The van der Waals surface area contributed by atoms with Crippen LogP contribution in [-0.2, 0) is 6.18 Å². The number of benzene rings is 1. The molecule has 0 saturated heterocycles. The van der Waals surface area contributed by atoms with Crippen LogP contribution in [0.5, 0.6) is 0 Å². The van der Waals surface area contributed by atoms with Crippen LogP contribution in [0.4, 0.5) is 13.2 Å². The topological polar surface area (TPSA) is 109 Å². The standard InChI is InChI=1S/C18H20ClF3N6O/c1-11(16(26-10-24)27-12(2)25-6-4-5-23)28(3)17(29)13-7-14(18(20,21)22)9-15(19)8-13/h4-11H,2,23H2,1,3H3,(H2,24,26,27)/b5-4-,25-6?. The highest BCUT2D eigenvalue weighted by atomic mass is 35.5. The monoisotopic (exact) mass is 428 g/mol. The molecule has 1 aromatic rings. The minimum Gasteiger partial charge on any atom is -0.405 e. The van der Waals surface area contributed by atoms with Gasteiger partial charge in [0, 0.05) is 23.8 Å². The number of rotatable bonds is 6. The minimum atomic E-state index is -4.64. The van der Waals surface area contributed by atoms with E-state index in [2.05, 4.69) is 21.6 Å². The van der Waals surface area contributed by atoms with Crippen LogP contribution < -0.4 is 11.5 Å². The van der Waals surface area contributed by atoms with Gasteiger partial charge in [0.1, 0.15) is 5.82 Å². The van der Waals surface area contributed by atoms with Gasteiger partial charge in [0.2, 0.25) is 0 Å². The van der Waals surface area contributed by atoms with Gasteiger partial charge in [0.25, 0.3) is 5.91 Å². The van der Waals surface area contributed by atoms with Gasteiger partial charge in [-0.05, 0) is 37.4 Å². The lowest BCUT2D eigenvalue weighted by molar-refractivity contribution is -0.137. The normalized spacial score (nSPS) is 14.1. The largest absolute Gasteiger partial charge is 0.416 e. The van der Waals surface area contributed by atoms with Crippen molar-refractivity contribution in [2.75, 3.05) is 7.05 Å². The van der Waals surface area contributed by atoms with Gasteiger partial charge in [0.15, 0.2) is 5.84 Å². The number of halogens is 4. The molecule has 0 saturated carbocycles. The first-order valence-corrected chi connectivity index (χ1v) is 8.46. The van der Waals surface area contributed by atoms with E-state index in [0.717, 1.165) is 29.4 Å². The van der Waals surface area contributed by atoms with Crippen LogP contribution in [0.15, 0.2) is 57.9 Å². The summed E-state index contributed by atoms with van der Waals surface area (Å²) >= 11 is 5.75. The highest BCUT2D eigenvalue weighted by Crippen LogP contribution is 2.32. The second-order valence-corrected chi connectivity index (χ2v) is 6.08. The lowest BCUT2D eigenvalue weighted by Gasteiger charge is -2.25. The van der Waals surface area contributed by atoms with E-state index in [0.29, 0.717) is 0 Å². The van der Waals surface area contributed by atoms with Gasteiger partial charge in [-0.3, -0.25) is 4.79 Å². The van der Waals surface area contributed by atoms with Gasteiger partial charge >= 0.3 is 6.18 Å². The predicted molar refractivity (Wildman–Crippen MR) is 109 cm³/mol. The number of amidine groups is 1. The van der Waals surface area contributed by atoms with Crippen molar-refractivity contribution in [2.45, 2.75) is 19.1 Å². The molecule has 0 spiro atoms. The lowest BCUT2D eigenvalue weighted by Crippen LogP contribution is -2.40. The molecule has 0 aromatic heterocycles. The number of nitrogens with zero attached hydrogens (tertiary/aromatic N) is 4. The highest BCUT2D eigenvalue weighted by Gasteiger charge is 2.32. The maximum absolute atomic E-state index is 13.0. The van der Waals surface area contributed by atoms with Gasteiger partial charge in [-0.25, -0.2) is 15.0 Å². The van der Waals surface area contributed by atoms with E-state index in [1.54, 1.807) is 6.92 Å². The zero-order valence-corrected chi connectivity index (χ0v) is 16.4. The number of nitrogens with two attached hydrogens (primary N) is 2. The van der Waals surface area contributed by atoms with E-state index in [1.165, 1.54) is 25.5 Å². The van der Waals surface area contributed by atoms with Crippen molar-refractivity contribution < 1.29 is 18.0 Å². The number of aliphatic imine (C=N–C) groups is 3. The van der Waals surface area contributed by atoms with Gasteiger partial charge in [0.05, 0.1) is 17.9 Å². The Morgan fingerprint density at radius 2 is 1.93 bits per heavy atom. The molecule has 1 aromatic carbocycles. The van der Waals surface area contributed by atoms with Gasteiger partial charge < -0.3 is 16.4 Å². The Kier molecular flexibility index (Phi) is 8.58. The summed E-state index contributed by atoms with van der Waals surface area (Å²) in [6, 6.07) is 1.84. The van der Waals surface area contributed by atoms with Gasteiger partial charge in [-0.1, -0.05) is 18.2 Å². The molecule has 1 rings (SSSR count). The summed E-state index contributed by atoms with van der Waals surface area (Å²) in [5.74, 6) is -0.593. The van der Waals surface area contributed by atoms with Crippen LogP contribution in [0.3, 0.4) is 0 Å². The van der Waals surface area contributed by atoms with E-state index in [9.17, 15) is 18.0 Å². The highest BCUT2D eigenvalue weighted by molar-refractivity contribution is 6.31. The second kappa shape index (κ2) is 10.4. The summed E-state index contributed by atoms with van der Waals surface area (Å²) in [5, 5.41) is -0.214. The molecular formula is C18H20ClF3N6O. The Bertz CT molecular complexity index is 877. The van der Waals surface area contributed by atoms with Crippen molar-refractivity contribution in [1.29, 1.82) is 0 Å². The second-order valence-electron chi connectivity index (χ2n) is 5.65. The summed E-state index contributed by atoms with van der Waals surface area (Å²) in [7, 11) is 1.38. The Morgan fingerprint density at radius 1 is 1.28 bits per heavy atom. The number of alkyl halides is 3. The van der Waals surface area contributed by atoms with E-state index < -0.39 is 23.7 Å². The van der Waals surface area contributed by atoms with E-state index in [-0.39, 0.29) is 22.2 Å². The minimum absolute atomic E-state index is 0.0542. The summed E-state index contributed by atoms with van der Waals surface area (Å²) in [6.07, 6.45) is 0.372. The Labute approximate surface area is 171 Å². The first kappa shape index (κ1) is 23.9. The van der Waals surface area contributed by atoms with Gasteiger partial charge in [-0.15, -0.1) is 0 Å². The Morgan fingerprint density at radius 3 is 2.48 bits per heavy atom. The van der Waals surface area contributed by atoms with Crippen LogP contribution in [0, 0.1) is 0 Å². The SMILES string of the molecule is C=C(N=C/C=C\N)N=C(N=CN)C(C)N(C)C(=O)c1cc(Cl)cc(C(F)(F)F)c1. The van der Waals surface area contributed by atoms with Crippen LogP contribution in [-0.4, -0.2) is 42.3 Å². The number of amides is 1. The molecule has 29 heavy (non-hydrogen) atoms. The van der Waals surface area contributed by atoms with Crippen molar-refractivity contribution in [1.82, 2.24) is 4.90 Å². The fourth-order valence-electron chi connectivity index (χ4n) is 2.08. The number of hydrogen-bond acceptors (Lipinski definition) is 4. The van der Waals surface area contributed by atoms with Crippen LogP contribution in [0.2, 0.25) is 5.02 Å². The molecule has 0 aliphatic carbocycles. The first-order chi connectivity index (χ1) is 13.5. The number of allylic oxidation sites excluding steroid dienone is 1. The molecule has 11 heteroatoms. The number of hydrogen-bond donors (Lipinski definition) is 2. The van der Waals surface area contributed by atoms with E-state index in [4.69, 9.17) is 23.1 Å². The quantitative estimate of drug-likeness (QED) is 0.536. The Balaban J connectivity index is 3.20. The Hall–Kier alpha value is -3.14. The average molecular weight is 429 g/mol. The van der Waals surface area contributed by atoms with Crippen molar-refractivity contribution in [3.8, 4) is 0 Å². The predicted octanol–water partition coefficient (Wildman–Crippen LogP) is 3.22. The average Bonchev–Trinajstić information content (AvgIpc) is 2.65. The molecule has 0 bridgehead atoms. The molecule has 0 aliphatic heterocycles. The van der Waals surface area contributed by atoms with Crippen molar-refractivity contribution in [2.24, 2.45) is 26.4 Å². The smallest absolute Gasteiger partial charge is 0.405 e. The fourth-order valence-corrected chi connectivity index (χ4v) is 2.31. The van der Waals surface area contributed by atoms with E-state index >= 15 is 0 Å². The van der Waals surface area contributed by atoms with Crippen molar-refractivity contribution >= 4 is 35.9 Å². The molecule has 7 nitrogen and oxygen atoms in total. The van der Waals surface area contributed by atoms with Gasteiger partial charge in [-0.2, -0.15) is 13.2 Å². The van der Waals surface area contributed by atoms with Crippen molar-refractivity contribution in [3.05, 3.63) is 59.0 Å². The maximum atomic E-state index is 13.0. The molecule has 1 atom stereocenters. The zero-order valence-electron chi connectivity index (χ0n) is 15.7. The molecule has 0 radical (unpaired) electrons. The number of carbonyl (C=O) groups excluding carboxylic acids is 1. The molecule has 1 unspecified atom stereocenters. The third-order valence-electron chi connectivity index (χ3n) is 3.62. The fraction of sp³-hybridized carbons (Fsp3) is 0.222. The van der Waals surface area contributed by atoms with E-state index in [1.807, 2.05) is 0 Å². The zero-order chi connectivity index (χ0) is 22.2.